The van der Waals surface area contributed by atoms with Crippen LogP contribution in [0.5, 0.6) is 0 Å². The molecule has 1 atom stereocenters. The van der Waals surface area contributed by atoms with Gasteiger partial charge in [0.1, 0.15) is 0 Å². The van der Waals surface area contributed by atoms with Crippen LogP contribution in [0.15, 0.2) is 12.7 Å². The molecular weight excluding hydrogens is 178 g/mol. The number of hydrogen-bond acceptors (Lipinski definition) is 3. The van der Waals surface area contributed by atoms with Crippen molar-refractivity contribution in [1.29, 1.82) is 0 Å². The molecule has 0 saturated heterocycles. The Kier molecular flexibility index (Phi) is 8.24. The molecule has 0 aromatic rings. The Hall–Kier alpha value is -0.830. The van der Waals surface area contributed by atoms with E-state index in [9.17, 15) is 4.79 Å². The van der Waals surface area contributed by atoms with Crippen molar-refractivity contribution in [3.63, 3.8) is 0 Å². The van der Waals surface area contributed by atoms with E-state index in [1.807, 2.05) is 0 Å². The van der Waals surface area contributed by atoms with Crippen LogP contribution in [0, 0.1) is 0 Å². The molecule has 0 heterocycles. The van der Waals surface area contributed by atoms with E-state index in [1.165, 1.54) is 6.08 Å². The first-order valence-corrected chi connectivity index (χ1v) is 5.31. The maximum Gasteiger partial charge on any atom is 0.331 e. The van der Waals surface area contributed by atoms with Crippen molar-refractivity contribution >= 4 is 5.97 Å². The van der Waals surface area contributed by atoms with Crippen LogP contribution in [0.25, 0.3) is 0 Å². The molecule has 0 fully saturated rings. The maximum atomic E-state index is 10.9. The van der Waals surface area contributed by atoms with E-state index in [0.29, 0.717) is 0 Å². The molecule has 0 aromatic heterocycles. The standard InChI is InChI=1S/C11H21NO2/c1-4-7-9-12-10(8-5-2)14-11(13)6-3/h6,10,12H,3-5,7-9H2,1-2H3. The second-order valence-corrected chi connectivity index (χ2v) is 3.23. The van der Waals surface area contributed by atoms with Crippen molar-refractivity contribution in [2.24, 2.45) is 0 Å². The molecule has 1 unspecified atom stereocenters. The molecule has 0 spiro atoms. The van der Waals surface area contributed by atoms with Gasteiger partial charge in [0.05, 0.1) is 0 Å². The highest BCUT2D eigenvalue weighted by Gasteiger charge is 2.09. The first kappa shape index (κ1) is 13.2. The fraction of sp³-hybridized carbons (Fsp3) is 0.727. The molecule has 0 radical (unpaired) electrons. The van der Waals surface area contributed by atoms with Crippen LogP contribution in [-0.4, -0.2) is 18.7 Å². The van der Waals surface area contributed by atoms with Crippen LogP contribution in [0.3, 0.4) is 0 Å². The first-order chi connectivity index (χ1) is 6.74. The van der Waals surface area contributed by atoms with Gasteiger partial charge in [-0.15, -0.1) is 0 Å². The summed E-state index contributed by atoms with van der Waals surface area (Å²) in [4.78, 5) is 10.9. The molecule has 0 aliphatic heterocycles. The zero-order valence-electron chi connectivity index (χ0n) is 9.21. The molecule has 0 rings (SSSR count). The van der Waals surface area contributed by atoms with E-state index in [2.05, 4.69) is 25.7 Å². The number of unbranched alkanes of at least 4 members (excludes halogenated alkanes) is 1. The quantitative estimate of drug-likeness (QED) is 0.282. The van der Waals surface area contributed by atoms with Crippen LogP contribution >= 0.6 is 0 Å². The third-order valence-electron chi connectivity index (χ3n) is 1.88. The topological polar surface area (TPSA) is 38.3 Å². The Morgan fingerprint density at radius 1 is 1.50 bits per heavy atom. The van der Waals surface area contributed by atoms with E-state index in [4.69, 9.17) is 4.74 Å². The summed E-state index contributed by atoms with van der Waals surface area (Å²) in [5, 5.41) is 3.20. The molecule has 3 heteroatoms. The minimum atomic E-state index is -0.354. The van der Waals surface area contributed by atoms with Gasteiger partial charge in [-0.05, 0) is 19.4 Å². The summed E-state index contributed by atoms with van der Waals surface area (Å²) >= 11 is 0. The van der Waals surface area contributed by atoms with E-state index < -0.39 is 0 Å². The third kappa shape index (κ3) is 6.66. The highest BCUT2D eigenvalue weighted by atomic mass is 16.6. The van der Waals surface area contributed by atoms with Crippen molar-refractivity contribution in [1.82, 2.24) is 5.32 Å². The van der Waals surface area contributed by atoms with Gasteiger partial charge in [0.25, 0.3) is 0 Å². The Morgan fingerprint density at radius 2 is 2.21 bits per heavy atom. The van der Waals surface area contributed by atoms with Gasteiger partial charge >= 0.3 is 5.97 Å². The summed E-state index contributed by atoms with van der Waals surface area (Å²) in [6, 6.07) is 0. The Morgan fingerprint density at radius 3 is 2.71 bits per heavy atom. The van der Waals surface area contributed by atoms with Crippen LogP contribution < -0.4 is 5.32 Å². The molecule has 1 N–H and O–H groups in total. The molecule has 0 aromatic carbocycles. The second kappa shape index (κ2) is 8.75. The van der Waals surface area contributed by atoms with E-state index in [-0.39, 0.29) is 12.2 Å². The van der Waals surface area contributed by atoms with Crippen molar-refractivity contribution < 1.29 is 9.53 Å². The highest BCUT2D eigenvalue weighted by molar-refractivity contribution is 5.81. The molecule has 0 aliphatic carbocycles. The largest absolute Gasteiger partial charge is 0.443 e. The highest BCUT2D eigenvalue weighted by Crippen LogP contribution is 2.00. The monoisotopic (exact) mass is 199 g/mol. The molecule has 0 amide bonds. The number of esters is 1. The Bertz CT molecular complexity index is 169. The summed E-state index contributed by atoms with van der Waals surface area (Å²) in [6.45, 7) is 8.46. The van der Waals surface area contributed by atoms with Crippen molar-refractivity contribution in [2.75, 3.05) is 6.54 Å². The Labute approximate surface area is 86.5 Å². The first-order valence-electron chi connectivity index (χ1n) is 5.31. The lowest BCUT2D eigenvalue weighted by atomic mass is 10.3. The zero-order chi connectivity index (χ0) is 10.8. The van der Waals surface area contributed by atoms with Gasteiger partial charge in [0.2, 0.25) is 0 Å². The normalized spacial score (nSPS) is 12.1. The van der Waals surface area contributed by atoms with Gasteiger partial charge < -0.3 is 4.74 Å². The number of carbonyl (C=O) groups is 1. The van der Waals surface area contributed by atoms with E-state index >= 15 is 0 Å². The number of ether oxygens (including phenoxy) is 1. The minimum absolute atomic E-state index is 0.156. The van der Waals surface area contributed by atoms with Crippen LogP contribution in [-0.2, 0) is 9.53 Å². The number of rotatable bonds is 8. The van der Waals surface area contributed by atoms with Gasteiger partial charge in [-0.2, -0.15) is 0 Å². The number of carbonyl (C=O) groups excluding carboxylic acids is 1. The van der Waals surface area contributed by atoms with Gasteiger partial charge in [0.15, 0.2) is 6.23 Å². The zero-order valence-corrected chi connectivity index (χ0v) is 9.21. The fourth-order valence-electron chi connectivity index (χ4n) is 1.09. The lowest BCUT2D eigenvalue weighted by molar-refractivity contribution is -0.144. The molecule has 0 bridgehead atoms. The molecule has 0 aliphatic rings. The fourth-order valence-corrected chi connectivity index (χ4v) is 1.09. The summed E-state index contributed by atoms with van der Waals surface area (Å²) < 4.78 is 5.12. The third-order valence-corrected chi connectivity index (χ3v) is 1.88. The summed E-state index contributed by atoms with van der Waals surface area (Å²) in [7, 11) is 0. The number of nitrogens with one attached hydrogen (secondary N) is 1. The average molecular weight is 199 g/mol. The van der Waals surface area contributed by atoms with E-state index in [0.717, 1.165) is 32.2 Å². The number of hydrogen-bond donors (Lipinski definition) is 1. The van der Waals surface area contributed by atoms with Crippen molar-refractivity contribution in [2.45, 2.75) is 45.8 Å². The molecule has 0 saturated carbocycles. The lowest BCUT2D eigenvalue weighted by Crippen LogP contribution is -2.34. The summed E-state index contributed by atoms with van der Waals surface area (Å²) in [5.74, 6) is -0.354. The second-order valence-electron chi connectivity index (χ2n) is 3.23. The smallest absolute Gasteiger partial charge is 0.331 e. The predicted octanol–water partition coefficient (Wildman–Crippen LogP) is 2.23. The minimum Gasteiger partial charge on any atom is -0.443 e. The van der Waals surface area contributed by atoms with Crippen LogP contribution in [0.4, 0.5) is 0 Å². The van der Waals surface area contributed by atoms with Crippen molar-refractivity contribution in [3.8, 4) is 0 Å². The van der Waals surface area contributed by atoms with Crippen LogP contribution in [0.1, 0.15) is 39.5 Å². The van der Waals surface area contributed by atoms with Gasteiger partial charge in [-0.3, -0.25) is 5.32 Å². The maximum absolute atomic E-state index is 10.9. The summed E-state index contributed by atoms with van der Waals surface area (Å²) in [6.07, 6.45) is 5.13. The Balaban J connectivity index is 3.76. The molecule has 82 valence electrons. The van der Waals surface area contributed by atoms with Crippen molar-refractivity contribution in [3.05, 3.63) is 12.7 Å². The predicted molar refractivity (Wildman–Crippen MR) is 57.9 cm³/mol. The van der Waals surface area contributed by atoms with Crippen LogP contribution in [0.2, 0.25) is 0 Å². The average Bonchev–Trinajstić information content (AvgIpc) is 2.18. The molecular formula is C11H21NO2. The SMILES string of the molecule is C=CC(=O)OC(CCC)NCCCC. The van der Waals surface area contributed by atoms with E-state index in [1.54, 1.807) is 0 Å². The summed E-state index contributed by atoms with van der Waals surface area (Å²) in [5.41, 5.74) is 0. The van der Waals surface area contributed by atoms with Gasteiger partial charge in [-0.1, -0.05) is 33.3 Å². The molecule has 14 heavy (non-hydrogen) atoms. The molecule has 3 nitrogen and oxygen atoms in total. The van der Waals surface area contributed by atoms with Gasteiger partial charge in [-0.25, -0.2) is 4.79 Å². The van der Waals surface area contributed by atoms with Gasteiger partial charge in [0, 0.05) is 6.08 Å². The lowest BCUT2D eigenvalue weighted by Gasteiger charge is -2.17.